The molecule has 1 aromatic heterocycles. The number of hydrogen-bond acceptors (Lipinski definition) is 7. The Morgan fingerprint density at radius 1 is 1.12 bits per heavy atom. The van der Waals surface area contributed by atoms with Crippen LogP contribution in [-0.4, -0.2) is 50.2 Å². The molecule has 0 spiro atoms. The van der Waals surface area contributed by atoms with Crippen LogP contribution in [-0.2, 0) is 14.2 Å². The Hall–Kier alpha value is -2.55. The van der Waals surface area contributed by atoms with Gasteiger partial charge < -0.3 is 18.9 Å². The summed E-state index contributed by atoms with van der Waals surface area (Å²) in [4.78, 5) is 27.3. The molecule has 9 nitrogen and oxygen atoms in total. The normalized spacial score (nSPS) is 10.7. The predicted molar refractivity (Wildman–Crippen MR) is 87.5 cm³/mol. The summed E-state index contributed by atoms with van der Waals surface area (Å²) in [7, 11) is 2.78. The molecule has 24 heavy (non-hydrogen) atoms. The smallest absolute Gasteiger partial charge is 0.413 e. The number of pyridine rings is 1. The average Bonchev–Trinajstić information content (AvgIpc) is 2.47. The van der Waals surface area contributed by atoms with E-state index in [4.69, 9.17) is 14.2 Å². The van der Waals surface area contributed by atoms with E-state index in [0.717, 1.165) is 0 Å². The maximum atomic E-state index is 11.8. The minimum Gasteiger partial charge on any atom is -0.487 e. The molecule has 0 unspecified atom stereocenters. The van der Waals surface area contributed by atoms with Crippen LogP contribution < -0.4 is 15.4 Å². The van der Waals surface area contributed by atoms with Crippen LogP contribution >= 0.6 is 0 Å². The van der Waals surface area contributed by atoms with E-state index in [1.807, 2.05) is 0 Å². The molecule has 0 saturated heterocycles. The van der Waals surface area contributed by atoms with Crippen molar-refractivity contribution in [2.45, 2.75) is 26.4 Å². The first kappa shape index (κ1) is 19.5. The van der Waals surface area contributed by atoms with Crippen molar-refractivity contribution in [3.63, 3.8) is 0 Å². The van der Waals surface area contributed by atoms with E-state index in [0.29, 0.717) is 18.0 Å². The van der Waals surface area contributed by atoms with Crippen LogP contribution in [0.5, 0.6) is 5.75 Å². The molecular weight excluding hydrogens is 318 g/mol. The number of ether oxygens (including phenoxy) is 4. The first-order valence-electron chi connectivity index (χ1n) is 7.22. The van der Waals surface area contributed by atoms with E-state index in [9.17, 15) is 9.59 Å². The maximum Gasteiger partial charge on any atom is 0.413 e. The molecule has 134 valence electrons. The van der Waals surface area contributed by atoms with Crippen molar-refractivity contribution in [3.05, 3.63) is 12.3 Å². The van der Waals surface area contributed by atoms with E-state index < -0.39 is 17.8 Å². The number of anilines is 2. The third-order valence-electron chi connectivity index (χ3n) is 2.46. The zero-order chi connectivity index (χ0) is 18.2. The summed E-state index contributed by atoms with van der Waals surface area (Å²) < 4.78 is 20.1. The van der Waals surface area contributed by atoms with Crippen LogP contribution in [0.2, 0.25) is 0 Å². The second kappa shape index (κ2) is 8.92. The number of rotatable bonds is 6. The first-order chi connectivity index (χ1) is 11.2. The average molecular weight is 341 g/mol. The third kappa shape index (κ3) is 7.14. The van der Waals surface area contributed by atoms with Gasteiger partial charge in [-0.15, -0.1) is 0 Å². The lowest BCUT2D eigenvalue weighted by atomic mass is 10.2. The molecule has 0 aromatic carbocycles. The van der Waals surface area contributed by atoms with Gasteiger partial charge in [0, 0.05) is 13.2 Å². The van der Waals surface area contributed by atoms with Crippen LogP contribution in [0.1, 0.15) is 20.8 Å². The molecule has 0 aliphatic carbocycles. The Morgan fingerprint density at radius 2 is 1.83 bits per heavy atom. The van der Waals surface area contributed by atoms with Crippen molar-refractivity contribution < 1.29 is 28.5 Å². The summed E-state index contributed by atoms with van der Waals surface area (Å²) in [5, 5.41) is 4.97. The lowest BCUT2D eigenvalue weighted by Gasteiger charge is -2.19. The molecule has 0 aliphatic rings. The van der Waals surface area contributed by atoms with Gasteiger partial charge in [-0.05, 0) is 20.8 Å². The van der Waals surface area contributed by atoms with Gasteiger partial charge in [0.25, 0.3) is 0 Å². The van der Waals surface area contributed by atoms with Gasteiger partial charge in [0.05, 0.1) is 25.6 Å². The SMILES string of the molecule is COCCOc1cnc(NC(=O)OC(C)(C)C)cc1NC(=O)OC. The fraction of sp³-hybridized carbons (Fsp3) is 0.533. The van der Waals surface area contributed by atoms with Crippen LogP contribution in [0.15, 0.2) is 12.3 Å². The van der Waals surface area contributed by atoms with Crippen molar-refractivity contribution in [1.82, 2.24) is 4.98 Å². The zero-order valence-electron chi connectivity index (χ0n) is 14.5. The summed E-state index contributed by atoms with van der Waals surface area (Å²) in [5.74, 6) is 0.502. The Bertz CT molecular complexity index is 571. The summed E-state index contributed by atoms with van der Waals surface area (Å²) in [6, 6.07) is 1.43. The van der Waals surface area contributed by atoms with Crippen molar-refractivity contribution in [2.24, 2.45) is 0 Å². The molecule has 0 aliphatic heterocycles. The maximum absolute atomic E-state index is 11.8. The lowest BCUT2D eigenvalue weighted by Crippen LogP contribution is -2.27. The van der Waals surface area contributed by atoms with Crippen molar-refractivity contribution in [3.8, 4) is 5.75 Å². The number of hydrogen-bond donors (Lipinski definition) is 2. The van der Waals surface area contributed by atoms with Crippen molar-refractivity contribution >= 4 is 23.7 Å². The number of amides is 2. The van der Waals surface area contributed by atoms with Gasteiger partial charge in [0.1, 0.15) is 18.0 Å². The number of methoxy groups -OCH3 is 2. The van der Waals surface area contributed by atoms with Gasteiger partial charge in [0.15, 0.2) is 5.75 Å². The molecule has 2 amide bonds. The lowest BCUT2D eigenvalue weighted by molar-refractivity contribution is 0.0635. The summed E-state index contributed by atoms with van der Waals surface area (Å²) >= 11 is 0. The number of carbonyl (C=O) groups excluding carboxylic acids is 2. The van der Waals surface area contributed by atoms with Gasteiger partial charge in [-0.3, -0.25) is 10.6 Å². The van der Waals surface area contributed by atoms with Crippen LogP contribution in [0.3, 0.4) is 0 Å². The zero-order valence-corrected chi connectivity index (χ0v) is 14.5. The fourth-order valence-electron chi connectivity index (χ4n) is 1.53. The predicted octanol–water partition coefficient (Wildman–Crippen LogP) is 2.63. The van der Waals surface area contributed by atoms with E-state index in [1.54, 1.807) is 27.9 Å². The molecule has 1 aromatic rings. The molecule has 0 atom stereocenters. The monoisotopic (exact) mass is 341 g/mol. The number of nitrogens with one attached hydrogen (secondary N) is 2. The standard InChI is InChI=1S/C15H23N3O6/c1-15(2,3)24-14(20)18-12-8-10(17-13(19)22-5)11(9-16-12)23-7-6-21-4/h8-9H,6-7H2,1-5H3,(H2,16,17,18,19,20). The highest BCUT2D eigenvalue weighted by Gasteiger charge is 2.17. The second-order valence-corrected chi connectivity index (χ2v) is 5.65. The van der Waals surface area contributed by atoms with Crippen LogP contribution in [0.25, 0.3) is 0 Å². The largest absolute Gasteiger partial charge is 0.487 e. The molecule has 0 bridgehead atoms. The molecule has 9 heteroatoms. The van der Waals surface area contributed by atoms with E-state index in [-0.39, 0.29) is 12.4 Å². The molecule has 0 fully saturated rings. The minimum atomic E-state index is -0.680. The second-order valence-electron chi connectivity index (χ2n) is 5.65. The molecular formula is C15H23N3O6. The molecule has 1 rings (SSSR count). The van der Waals surface area contributed by atoms with Gasteiger partial charge in [-0.2, -0.15) is 0 Å². The molecule has 0 radical (unpaired) electrons. The van der Waals surface area contributed by atoms with E-state index >= 15 is 0 Å². The Labute approximate surface area is 140 Å². The third-order valence-corrected chi connectivity index (χ3v) is 2.46. The van der Waals surface area contributed by atoms with Crippen LogP contribution in [0.4, 0.5) is 21.1 Å². The highest BCUT2D eigenvalue weighted by molar-refractivity contribution is 5.89. The number of carbonyl (C=O) groups is 2. The van der Waals surface area contributed by atoms with Gasteiger partial charge >= 0.3 is 12.2 Å². The molecule has 1 heterocycles. The van der Waals surface area contributed by atoms with Crippen molar-refractivity contribution in [2.75, 3.05) is 38.1 Å². The highest BCUT2D eigenvalue weighted by Crippen LogP contribution is 2.26. The van der Waals surface area contributed by atoms with Crippen molar-refractivity contribution in [1.29, 1.82) is 0 Å². The number of aromatic nitrogens is 1. The van der Waals surface area contributed by atoms with Gasteiger partial charge in [-0.1, -0.05) is 0 Å². The quantitative estimate of drug-likeness (QED) is 0.766. The Kier molecular flexibility index (Phi) is 7.25. The Morgan fingerprint density at radius 3 is 2.42 bits per heavy atom. The molecule has 2 N–H and O–H groups in total. The van der Waals surface area contributed by atoms with Gasteiger partial charge in [0.2, 0.25) is 0 Å². The number of nitrogens with zero attached hydrogens (tertiary/aromatic N) is 1. The highest BCUT2D eigenvalue weighted by atomic mass is 16.6. The summed E-state index contributed by atoms with van der Waals surface area (Å²) in [6.07, 6.45) is 0.0289. The van der Waals surface area contributed by atoms with E-state index in [1.165, 1.54) is 19.4 Å². The Balaban J connectivity index is 2.89. The topological polar surface area (TPSA) is 108 Å². The summed E-state index contributed by atoms with van der Waals surface area (Å²) in [5.41, 5.74) is -0.348. The van der Waals surface area contributed by atoms with Gasteiger partial charge in [-0.25, -0.2) is 14.6 Å². The fourth-order valence-corrected chi connectivity index (χ4v) is 1.53. The molecule has 0 saturated carbocycles. The van der Waals surface area contributed by atoms with Crippen LogP contribution in [0, 0.1) is 0 Å². The first-order valence-corrected chi connectivity index (χ1v) is 7.22. The van der Waals surface area contributed by atoms with E-state index in [2.05, 4.69) is 20.4 Å². The minimum absolute atomic E-state index is 0.190. The summed E-state index contributed by atoms with van der Waals surface area (Å²) in [6.45, 7) is 5.88.